The van der Waals surface area contributed by atoms with E-state index >= 15 is 0 Å². The maximum atomic E-state index is 6.15. The average molecular weight is 266 g/mol. The Bertz CT molecular complexity index is 535. The third-order valence-corrected chi connectivity index (χ3v) is 3.70. The summed E-state index contributed by atoms with van der Waals surface area (Å²) in [7, 11) is 0. The highest BCUT2D eigenvalue weighted by atomic mass is 16.7. The molecule has 0 unspecified atom stereocenters. The predicted octanol–water partition coefficient (Wildman–Crippen LogP) is 4.23. The van der Waals surface area contributed by atoms with Crippen molar-refractivity contribution in [2.45, 2.75) is 18.4 Å². The molecule has 0 aliphatic carbocycles. The molecular weight excluding hydrogens is 248 g/mol. The van der Waals surface area contributed by atoms with Crippen LogP contribution in [0.2, 0.25) is 0 Å². The quantitative estimate of drug-likeness (QED) is 0.810. The van der Waals surface area contributed by atoms with Crippen LogP contribution in [0.5, 0.6) is 0 Å². The molecule has 0 aromatic heterocycles. The average Bonchev–Trinajstić information content (AvgIpc) is 2.72. The van der Waals surface area contributed by atoms with E-state index in [2.05, 4.69) is 30.8 Å². The highest BCUT2D eigenvalue weighted by Crippen LogP contribution is 2.41. The normalized spacial score (nSPS) is 17.7. The molecule has 0 amide bonds. The molecule has 0 bridgehead atoms. The highest BCUT2D eigenvalue weighted by molar-refractivity contribution is 5.37. The van der Waals surface area contributed by atoms with Gasteiger partial charge in [-0.15, -0.1) is 0 Å². The minimum atomic E-state index is -0.504. The molecule has 0 N–H and O–H groups in total. The lowest BCUT2D eigenvalue weighted by Crippen LogP contribution is -2.30. The minimum Gasteiger partial charge on any atom is -0.466 e. The molecule has 0 atom stereocenters. The molecule has 1 aliphatic rings. The van der Waals surface area contributed by atoms with Gasteiger partial charge in [0.1, 0.15) is 0 Å². The van der Waals surface area contributed by atoms with Crippen LogP contribution in [0.15, 0.2) is 73.2 Å². The summed E-state index contributed by atoms with van der Waals surface area (Å²) in [5.41, 5.74) is 1.77. The number of benzene rings is 2. The van der Waals surface area contributed by atoms with Crippen molar-refractivity contribution in [2.24, 2.45) is 0 Å². The molecule has 1 aliphatic heterocycles. The van der Waals surface area contributed by atoms with Gasteiger partial charge in [-0.2, -0.15) is 0 Å². The van der Waals surface area contributed by atoms with Gasteiger partial charge < -0.3 is 9.47 Å². The molecule has 1 saturated heterocycles. The Morgan fingerprint density at radius 1 is 0.850 bits per heavy atom. The van der Waals surface area contributed by atoms with Crippen molar-refractivity contribution in [3.63, 3.8) is 0 Å². The van der Waals surface area contributed by atoms with Crippen molar-refractivity contribution in [3.8, 4) is 0 Å². The van der Waals surface area contributed by atoms with Gasteiger partial charge in [0.2, 0.25) is 0 Å². The summed E-state index contributed by atoms with van der Waals surface area (Å²) in [6.45, 7) is 4.53. The summed E-state index contributed by atoms with van der Waals surface area (Å²) in [5, 5.41) is 0. The maximum Gasteiger partial charge on any atom is 0.272 e. The van der Waals surface area contributed by atoms with Crippen LogP contribution in [-0.2, 0) is 15.1 Å². The van der Waals surface area contributed by atoms with Gasteiger partial charge in [0.15, 0.2) is 5.60 Å². The van der Waals surface area contributed by atoms with Crippen LogP contribution in [0.3, 0.4) is 0 Å². The smallest absolute Gasteiger partial charge is 0.272 e. The van der Waals surface area contributed by atoms with E-state index in [0.29, 0.717) is 12.6 Å². The summed E-state index contributed by atoms with van der Waals surface area (Å²) in [5.74, 6) is 0.398. The number of ether oxygens (including phenoxy) is 2. The molecule has 0 spiro atoms. The van der Waals surface area contributed by atoms with E-state index in [-0.39, 0.29) is 0 Å². The first-order valence-corrected chi connectivity index (χ1v) is 6.93. The van der Waals surface area contributed by atoms with Crippen LogP contribution in [-0.4, -0.2) is 6.61 Å². The fraction of sp³-hybridized carbons (Fsp3) is 0.222. The first kappa shape index (κ1) is 12.8. The Morgan fingerprint density at radius 2 is 1.40 bits per heavy atom. The fourth-order valence-electron chi connectivity index (χ4n) is 2.77. The molecule has 2 heteroatoms. The van der Waals surface area contributed by atoms with Crippen molar-refractivity contribution < 1.29 is 9.47 Å². The zero-order chi connectivity index (χ0) is 13.8. The Morgan fingerprint density at radius 3 is 1.95 bits per heavy atom. The van der Waals surface area contributed by atoms with Gasteiger partial charge in [0.25, 0.3) is 5.95 Å². The monoisotopic (exact) mass is 266 g/mol. The van der Waals surface area contributed by atoms with Crippen LogP contribution >= 0.6 is 0 Å². The first-order chi connectivity index (χ1) is 9.81. The van der Waals surface area contributed by atoms with E-state index in [0.717, 1.165) is 24.0 Å². The van der Waals surface area contributed by atoms with Crippen molar-refractivity contribution in [3.05, 3.63) is 84.3 Å². The molecule has 2 aromatic carbocycles. The van der Waals surface area contributed by atoms with E-state index in [1.165, 1.54) is 0 Å². The van der Waals surface area contributed by atoms with Crippen LogP contribution in [0.1, 0.15) is 24.0 Å². The van der Waals surface area contributed by atoms with Gasteiger partial charge in [-0.05, 0) is 19.4 Å². The summed E-state index contributed by atoms with van der Waals surface area (Å²) in [6, 6.07) is 20.6. The third-order valence-electron chi connectivity index (χ3n) is 3.70. The lowest BCUT2D eigenvalue weighted by molar-refractivity contribution is -0.0304. The van der Waals surface area contributed by atoms with Crippen molar-refractivity contribution in [2.75, 3.05) is 6.61 Å². The van der Waals surface area contributed by atoms with Crippen LogP contribution < -0.4 is 0 Å². The second-order valence-corrected chi connectivity index (χ2v) is 4.99. The van der Waals surface area contributed by atoms with E-state index in [9.17, 15) is 0 Å². The second-order valence-electron chi connectivity index (χ2n) is 4.99. The molecule has 1 fully saturated rings. The third kappa shape index (κ3) is 2.29. The Labute approximate surface area is 119 Å². The summed E-state index contributed by atoms with van der Waals surface area (Å²) in [4.78, 5) is 0. The standard InChI is InChI=1S/C18H18O2/c1-15-19-14-8-13-18(20-15,16-9-4-2-5-10-16)17-11-6-3-7-12-17/h2-7,9-12H,1,8,13-14H2. The number of rotatable bonds is 2. The predicted molar refractivity (Wildman–Crippen MR) is 79.1 cm³/mol. The lowest BCUT2D eigenvalue weighted by atomic mass is 9.82. The summed E-state index contributed by atoms with van der Waals surface area (Å²) >= 11 is 0. The van der Waals surface area contributed by atoms with Crippen molar-refractivity contribution in [1.29, 1.82) is 0 Å². The van der Waals surface area contributed by atoms with Gasteiger partial charge in [-0.1, -0.05) is 60.7 Å². The summed E-state index contributed by atoms with van der Waals surface area (Å²) < 4.78 is 11.6. The van der Waals surface area contributed by atoms with Gasteiger partial charge in [-0.3, -0.25) is 0 Å². The molecular formula is C18H18O2. The van der Waals surface area contributed by atoms with E-state index in [1.54, 1.807) is 0 Å². The van der Waals surface area contributed by atoms with Gasteiger partial charge in [-0.25, -0.2) is 0 Å². The van der Waals surface area contributed by atoms with Gasteiger partial charge in [0.05, 0.1) is 6.61 Å². The van der Waals surface area contributed by atoms with Gasteiger partial charge >= 0.3 is 0 Å². The van der Waals surface area contributed by atoms with Crippen LogP contribution in [0, 0.1) is 0 Å². The van der Waals surface area contributed by atoms with E-state index in [1.807, 2.05) is 36.4 Å². The Hall–Kier alpha value is -2.22. The molecule has 2 nitrogen and oxygen atoms in total. The molecule has 3 rings (SSSR count). The SMILES string of the molecule is C=C1OCCCC(c2ccccc2)(c2ccccc2)O1. The summed E-state index contributed by atoms with van der Waals surface area (Å²) in [6.07, 6.45) is 1.81. The zero-order valence-corrected chi connectivity index (χ0v) is 11.4. The molecule has 20 heavy (non-hydrogen) atoms. The van der Waals surface area contributed by atoms with Gasteiger partial charge in [0, 0.05) is 11.1 Å². The number of hydrogen-bond donors (Lipinski definition) is 0. The first-order valence-electron chi connectivity index (χ1n) is 6.93. The Balaban J connectivity index is 2.14. The molecule has 0 saturated carbocycles. The highest BCUT2D eigenvalue weighted by Gasteiger charge is 2.38. The zero-order valence-electron chi connectivity index (χ0n) is 11.4. The minimum absolute atomic E-state index is 0.398. The molecule has 2 aromatic rings. The fourth-order valence-corrected chi connectivity index (χ4v) is 2.77. The maximum absolute atomic E-state index is 6.15. The van der Waals surface area contributed by atoms with E-state index in [4.69, 9.17) is 9.47 Å². The number of hydrogen-bond acceptors (Lipinski definition) is 2. The van der Waals surface area contributed by atoms with Crippen molar-refractivity contribution >= 4 is 0 Å². The Kier molecular flexibility index (Phi) is 3.46. The topological polar surface area (TPSA) is 18.5 Å². The van der Waals surface area contributed by atoms with Crippen molar-refractivity contribution in [1.82, 2.24) is 0 Å². The van der Waals surface area contributed by atoms with Crippen LogP contribution in [0.4, 0.5) is 0 Å². The second kappa shape index (κ2) is 5.41. The molecule has 1 heterocycles. The van der Waals surface area contributed by atoms with Crippen LogP contribution in [0.25, 0.3) is 0 Å². The largest absolute Gasteiger partial charge is 0.466 e. The molecule has 102 valence electrons. The molecule has 0 radical (unpaired) electrons. The lowest BCUT2D eigenvalue weighted by Gasteiger charge is -2.33. The van der Waals surface area contributed by atoms with E-state index < -0.39 is 5.60 Å².